The van der Waals surface area contributed by atoms with Crippen molar-refractivity contribution in [1.82, 2.24) is 4.31 Å². The maximum absolute atomic E-state index is 12.6. The van der Waals surface area contributed by atoms with E-state index in [1.807, 2.05) is 18.4 Å². The van der Waals surface area contributed by atoms with E-state index >= 15 is 0 Å². The molecule has 0 N–H and O–H groups in total. The van der Waals surface area contributed by atoms with Gasteiger partial charge in [0.1, 0.15) is 4.21 Å². The Bertz CT molecular complexity index is 704. The number of sulfonamides is 1. The smallest absolute Gasteiger partial charge is 0.206 e. The van der Waals surface area contributed by atoms with E-state index in [2.05, 4.69) is 0 Å². The van der Waals surface area contributed by atoms with Gasteiger partial charge in [-0.1, -0.05) is 11.6 Å². The quantitative estimate of drug-likeness (QED) is 0.839. The summed E-state index contributed by atoms with van der Waals surface area (Å²) in [5.41, 5.74) is 1.13. The fourth-order valence-corrected chi connectivity index (χ4v) is 6.55. The molecule has 0 spiro atoms. The van der Waals surface area contributed by atoms with Crippen LogP contribution in [0.3, 0.4) is 0 Å². The van der Waals surface area contributed by atoms with Crippen LogP contribution in [-0.2, 0) is 16.4 Å². The van der Waals surface area contributed by atoms with Gasteiger partial charge in [0.15, 0.2) is 0 Å². The summed E-state index contributed by atoms with van der Waals surface area (Å²) in [6.45, 7) is 2.48. The number of rotatable bonds is 2. The highest BCUT2D eigenvalue weighted by Gasteiger charge is 2.35. The number of fused-ring (bicyclic) bond motifs is 1. The molecular formula is C12H12ClNO2S3. The van der Waals surface area contributed by atoms with Crippen molar-refractivity contribution >= 4 is 44.3 Å². The van der Waals surface area contributed by atoms with Crippen LogP contribution in [0.5, 0.6) is 0 Å². The predicted molar refractivity (Wildman–Crippen MR) is 79.7 cm³/mol. The SMILES string of the molecule is C[C@@H]1c2ccsc2CCN1S(=O)(=O)c1ccc(Cl)s1. The van der Waals surface area contributed by atoms with E-state index in [4.69, 9.17) is 11.6 Å². The van der Waals surface area contributed by atoms with E-state index < -0.39 is 10.0 Å². The summed E-state index contributed by atoms with van der Waals surface area (Å²) in [6, 6.07) is 5.12. The monoisotopic (exact) mass is 333 g/mol. The highest BCUT2D eigenvalue weighted by Crippen LogP contribution is 2.38. The van der Waals surface area contributed by atoms with Gasteiger partial charge in [-0.15, -0.1) is 22.7 Å². The second-order valence-corrected chi connectivity index (χ2v) is 9.23. The molecule has 7 heteroatoms. The maximum atomic E-state index is 12.6. The zero-order valence-corrected chi connectivity index (χ0v) is 13.4. The Hall–Kier alpha value is -0.400. The number of halogens is 1. The van der Waals surface area contributed by atoms with E-state index in [1.165, 1.54) is 4.88 Å². The van der Waals surface area contributed by atoms with Crippen LogP contribution >= 0.6 is 34.3 Å². The molecule has 3 nitrogen and oxygen atoms in total. The van der Waals surface area contributed by atoms with Crippen LogP contribution in [0.15, 0.2) is 27.8 Å². The third-order valence-electron chi connectivity index (χ3n) is 3.33. The minimum atomic E-state index is -3.44. The third-order valence-corrected chi connectivity index (χ3v) is 8.00. The molecule has 0 radical (unpaired) electrons. The Kier molecular flexibility index (Phi) is 3.47. The van der Waals surface area contributed by atoms with Gasteiger partial charge < -0.3 is 0 Å². The number of thiophene rings is 2. The summed E-state index contributed by atoms with van der Waals surface area (Å²) >= 11 is 8.66. The molecule has 0 unspecified atom stereocenters. The van der Waals surface area contributed by atoms with Gasteiger partial charge in [-0.2, -0.15) is 4.31 Å². The van der Waals surface area contributed by atoms with Crippen molar-refractivity contribution in [3.05, 3.63) is 38.4 Å². The van der Waals surface area contributed by atoms with E-state index in [9.17, 15) is 8.42 Å². The molecule has 0 amide bonds. The van der Waals surface area contributed by atoms with Crippen molar-refractivity contribution in [2.75, 3.05) is 6.54 Å². The Morgan fingerprint density at radius 2 is 2.16 bits per heavy atom. The van der Waals surface area contributed by atoms with Gasteiger partial charge in [0.05, 0.1) is 4.34 Å². The Morgan fingerprint density at radius 3 is 2.84 bits per heavy atom. The molecule has 0 saturated carbocycles. The molecule has 19 heavy (non-hydrogen) atoms. The molecule has 0 bridgehead atoms. The summed E-state index contributed by atoms with van der Waals surface area (Å²) in [4.78, 5) is 1.29. The van der Waals surface area contributed by atoms with E-state index in [1.54, 1.807) is 27.8 Å². The van der Waals surface area contributed by atoms with Gasteiger partial charge >= 0.3 is 0 Å². The summed E-state index contributed by atoms with van der Waals surface area (Å²) in [5.74, 6) is 0. The maximum Gasteiger partial charge on any atom is 0.253 e. The molecule has 1 aliphatic heterocycles. The molecule has 0 aliphatic carbocycles. The van der Waals surface area contributed by atoms with Crippen LogP contribution in [0.25, 0.3) is 0 Å². The first-order valence-electron chi connectivity index (χ1n) is 5.83. The van der Waals surface area contributed by atoms with Gasteiger partial charge in [-0.05, 0) is 42.5 Å². The van der Waals surface area contributed by atoms with Crippen LogP contribution in [0.2, 0.25) is 4.34 Å². The van der Waals surface area contributed by atoms with Crippen molar-refractivity contribution in [3.8, 4) is 0 Å². The molecule has 2 aromatic heterocycles. The summed E-state index contributed by atoms with van der Waals surface area (Å²) in [5, 5.41) is 2.03. The Labute approximate surface area is 125 Å². The van der Waals surface area contributed by atoms with Gasteiger partial charge in [0, 0.05) is 17.5 Å². The predicted octanol–water partition coefficient (Wildman–Crippen LogP) is 3.77. The minimum Gasteiger partial charge on any atom is -0.206 e. The van der Waals surface area contributed by atoms with Gasteiger partial charge in [-0.3, -0.25) is 0 Å². The molecule has 1 aliphatic rings. The van der Waals surface area contributed by atoms with Crippen molar-refractivity contribution < 1.29 is 8.42 Å². The Morgan fingerprint density at radius 1 is 1.37 bits per heavy atom. The largest absolute Gasteiger partial charge is 0.253 e. The average Bonchev–Trinajstić information content (AvgIpc) is 2.97. The first-order valence-corrected chi connectivity index (χ1v) is 9.35. The van der Waals surface area contributed by atoms with E-state index in [-0.39, 0.29) is 6.04 Å². The molecule has 1 atom stereocenters. The van der Waals surface area contributed by atoms with Crippen LogP contribution < -0.4 is 0 Å². The fourth-order valence-electron chi connectivity index (χ4n) is 2.37. The topological polar surface area (TPSA) is 37.4 Å². The minimum absolute atomic E-state index is 0.110. The van der Waals surface area contributed by atoms with E-state index in [0.29, 0.717) is 15.1 Å². The molecule has 0 aromatic carbocycles. The lowest BCUT2D eigenvalue weighted by Gasteiger charge is -2.32. The lowest BCUT2D eigenvalue weighted by Crippen LogP contribution is -2.37. The molecule has 0 saturated heterocycles. The summed E-state index contributed by atoms with van der Waals surface area (Å²) in [6.07, 6.45) is 0.787. The molecule has 102 valence electrons. The first-order chi connectivity index (χ1) is 9.00. The zero-order valence-electron chi connectivity index (χ0n) is 10.2. The number of hydrogen-bond acceptors (Lipinski definition) is 4. The number of nitrogens with zero attached hydrogens (tertiary/aromatic N) is 1. The fraction of sp³-hybridized carbons (Fsp3) is 0.333. The van der Waals surface area contributed by atoms with Crippen molar-refractivity contribution in [3.63, 3.8) is 0 Å². The first kappa shape index (κ1) is 13.6. The molecule has 3 rings (SSSR count). The second-order valence-electron chi connectivity index (χ2n) is 4.40. The highest BCUT2D eigenvalue weighted by molar-refractivity contribution is 7.91. The standard InChI is InChI=1S/C12H12ClNO2S3/c1-8-9-5-7-17-10(9)4-6-14(8)19(15,16)12-3-2-11(13)18-12/h2-3,5,7-8H,4,6H2,1H3/t8-/m1/s1. The van der Waals surface area contributed by atoms with Gasteiger partial charge in [-0.25, -0.2) is 8.42 Å². The lowest BCUT2D eigenvalue weighted by atomic mass is 10.0. The van der Waals surface area contributed by atoms with Crippen LogP contribution in [0.1, 0.15) is 23.4 Å². The van der Waals surface area contributed by atoms with Crippen molar-refractivity contribution in [2.24, 2.45) is 0 Å². The normalized spacial score (nSPS) is 20.4. The Balaban J connectivity index is 2.00. The van der Waals surface area contributed by atoms with Gasteiger partial charge in [0.25, 0.3) is 10.0 Å². The summed E-state index contributed by atoms with van der Waals surface area (Å²) in [7, 11) is -3.44. The zero-order chi connectivity index (χ0) is 13.6. The van der Waals surface area contributed by atoms with Crippen LogP contribution in [0, 0.1) is 0 Å². The third kappa shape index (κ3) is 2.25. The summed E-state index contributed by atoms with van der Waals surface area (Å²) < 4.78 is 27.6. The molecule has 0 fully saturated rings. The van der Waals surface area contributed by atoms with Gasteiger partial charge in [0.2, 0.25) is 0 Å². The number of hydrogen-bond donors (Lipinski definition) is 0. The molecule has 2 aromatic rings. The molecular weight excluding hydrogens is 322 g/mol. The highest BCUT2D eigenvalue weighted by atomic mass is 35.5. The lowest BCUT2D eigenvalue weighted by molar-refractivity contribution is 0.330. The average molecular weight is 334 g/mol. The van der Waals surface area contributed by atoms with Crippen LogP contribution in [0.4, 0.5) is 0 Å². The molecule has 3 heterocycles. The second kappa shape index (κ2) is 4.86. The van der Waals surface area contributed by atoms with Crippen LogP contribution in [-0.4, -0.2) is 19.3 Å². The van der Waals surface area contributed by atoms with E-state index in [0.717, 1.165) is 23.3 Å². The van der Waals surface area contributed by atoms with Crippen molar-refractivity contribution in [1.29, 1.82) is 0 Å². The van der Waals surface area contributed by atoms with Crippen molar-refractivity contribution in [2.45, 2.75) is 23.6 Å².